The van der Waals surface area contributed by atoms with Crippen LogP contribution in [0.25, 0.3) is 0 Å². The van der Waals surface area contributed by atoms with E-state index in [9.17, 15) is 19.2 Å². The first-order chi connectivity index (χ1) is 14.1. The van der Waals surface area contributed by atoms with Gasteiger partial charge in [-0.1, -0.05) is 18.2 Å². The number of aldehydes is 1. The molecule has 0 saturated carbocycles. The first-order valence-corrected chi connectivity index (χ1v) is 9.87. The summed E-state index contributed by atoms with van der Waals surface area (Å²) in [6, 6.07) is 0. The Bertz CT molecular complexity index is 853. The van der Waals surface area contributed by atoms with Gasteiger partial charge in [0, 0.05) is 18.1 Å². The van der Waals surface area contributed by atoms with Crippen LogP contribution in [0, 0.1) is 5.92 Å². The second-order valence-corrected chi connectivity index (χ2v) is 8.06. The molecule has 8 heteroatoms. The Balaban J connectivity index is 2.09. The van der Waals surface area contributed by atoms with Crippen LogP contribution in [0.4, 0.5) is 0 Å². The van der Waals surface area contributed by atoms with Gasteiger partial charge in [-0.2, -0.15) is 0 Å². The molecular formula is C22H26O8. The number of hydrogen-bond acceptors (Lipinski definition) is 8. The average Bonchev–Trinajstić information content (AvgIpc) is 3.20. The molecular weight excluding hydrogens is 392 g/mol. The fraction of sp³-hybridized carbons (Fsp3) is 0.545. The Morgan fingerprint density at radius 2 is 2.00 bits per heavy atom. The van der Waals surface area contributed by atoms with Crippen molar-refractivity contribution in [1.29, 1.82) is 0 Å². The molecule has 0 amide bonds. The fourth-order valence-corrected chi connectivity index (χ4v) is 3.81. The highest BCUT2D eigenvalue weighted by molar-refractivity contribution is 5.92. The van der Waals surface area contributed by atoms with Gasteiger partial charge in [-0.25, -0.2) is 9.59 Å². The van der Waals surface area contributed by atoms with Gasteiger partial charge in [0.05, 0.1) is 12.0 Å². The predicted octanol–water partition coefficient (Wildman–Crippen LogP) is 1.97. The van der Waals surface area contributed by atoms with Crippen LogP contribution in [0.2, 0.25) is 0 Å². The van der Waals surface area contributed by atoms with Gasteiger partial charge in [0.1, 0.15) is 12.4 Å². The maximum atomic E-state index is 12.9. The average molecular weight is 418 g/mol. The van der Waals surface area contributed by atoms with Gasteiger partial charge < -0.3 is 18.9 Å². The second-order valence-electron chi connectivity index (χ2n) is 8.06. The lowest BCUT2D eigenvalue weighted by molar-refractivity contribution is -0.172. The van der Waals surface area contributed by atoms with Crippen molar-refractivity contribution in [2.45, 2.75) is 70.6 Å². The lowest BCUT2D eigenvalue weighted by atomic mass is 9.83. The molecule has 0 aromatic heterocycles. The molecule has 2 saturated heterocycles. The molecule has 6 atom stereocenters. The van der Waals surface area contributed by atoms with Crippen LogP contribution in [-0.2, 0) is 38.1 Å². The molecule has 0 spiro atoms. The van der Waals surface area contributed by atoms with Crippen LogP contribution in [0.1, 0.15) is 40.5 Å². The highest BCUT2D eigenvalue weighted by Crippen LogP contribution is 2.41. The summed E-state index contributed by atoms with van der Waals surface area (Å²) in [7, 11) is 0. The molecule has 2 aliphatic heterocycles. The molecule has 1 aliphatic carbocycles. The van der Waals surface area contributed by atoms with Crippen LogP contribution in [-0.4, -0.2) is 54.2 Å². The van der Waals surface area contributed by atoms with Crippen molar-refractivity contribution in [1.82, 2.24) is 0 Å². The number of rotatable bonds is 4. The Morgan fingerprint density at radius 1 is 1.33 bits per heavy atom. The molecule has 2 fully saturated rings. The monoisotopic (exact) mass is 418 g/mol. The minimum Gasteiger partial charge on any atom is -0.455 e. The molecule has 0 bridgehead atoms. The largest absolute Gasteiger partial charge is 0.455 e. The van der Waals surface area contributed by atoms with Crippen LogP contribution in [0.3, 0.4) is 0 Å². The molecule has 2 heterocycles. The Hall–Kier alpha value is -2.74. The minimum absolute atomic E-state index is 0.0831. The van der Waals surface area contributed by atoms with E-state index in [4.69, 9.17) is 18.9 Å². The molecule has 8 nitrogen and oxygen atoms in total. The van der Waals surface area contributed by atoms with E-state index in [-0.39, 0.29) is 17.3 Å². The summed E-state index contributed by atoms with van der Waals surface area (Å²) in [5.74, 6) is -2.80. The molecule has 0 radical (unpaired) electrons. The number of esters is 3. The van der Waals surface area contributed by atoms with E-state index in [0.717, 1.165) is 5.57 Å². The summed E-state index contributed by atoms with van der Waals surface area (Å²) in [6.45, 7) is 10.2. The standard InChI is InChI=1S/C22H26O8/c1-11-7-6-8-15(10-23)18(27-14(4)24)19(29-21(26)22(5)13(3)30-22)17-12(2)20(25)28-16(17)9-11/h8-10,13,16-19H,2,6-7H2,1,3-5H3/t13-,16+,17+,18+,19+,22-/m0/s1. The first-order valence-electron chi connectivity index (χ1n) is 9.87. The van der Waals surface area contributed by atoms with Gasteiger partial charge in [-0.05, 0) is 39.7 Å². The maximum Gasteiger partial charge on any atom is 0.341 e. The Morgan fingerprint density at radius 3 is 2.57 bits per heavy atom. The van der Waals surface area contributed by atoms with Gasteiger partial charge in [0.15, 0.2) is 17.8 Å². The van der Waals surface area contributed by atoms with Crippen LogP contribution < -0.4 is 0 Å². The zero-order valence-electron chi connectivity index (χ0n) is 17.5. The first kappa shape index (κ1) is 22.0. The van der Waals surface area contributed by atoms with Crippen LogP contribution in [0.5, 0.6) is 0 Å². The van der Waals surface area contributed by atoms with Crippen LogP contribution in [0.15, 0.2) is 35.5 Å². The van der Waals surface area contributed by atoms with Crippen molar-refractivity contribution in [3.05, 3.63) is 35.5 Å². The number of epoxide rings is 1. The van der Waals surface area contributed by atoms with Gasteiger partial charge in [-0.3, -0.25) is 9.59 Å². The molecule has 162 valence electrons. The molecule has 30 heavy (non-hydrogen) atoms. The Kier molecular flexibility index (Phi) is 5.99. The highest BCUT2D eigenvalue weighted by atomic mass is 16.7. The number of hydrogen-bond donors (Lipinski definition) is 0. The summed E-state index contributed by atoms with van der Waals surface area (Å²) in [5, 5.41) is 0. The van der Waals surface area contributed by atoms with E-state index in [1.807, 2.05) is 6.92 Å². The molecule has 0 N–H and O–H groups in total. The lowest BCUT2D eigenvalue weighted by Gasteiger charge is -2.33. The topological polar surface area (TPSA) is 109 Å². The minimum atomic E-state index is -1.22. The number of fused-ring (bicyclic) bond motifs is 1. The molecule has 3 rings (SSSR count). The summed E-state index contributed by atoms with van der Waals surface area (Å²) in [5.41, 5.74) is 0.0297. The summed E-state index contributed by atoms with van der Waals surface area (Å²) in [6.07, 6.45) is 1.59. The van der Waals surface area contributed by atoms with Gasteiger partial charge >= 0.3 is 17.9 Å². The summed E-state index contributed by atoms with van der Waals surface area (Å²) in [4.78, 5) is 48.9. The molecule has 0 aromatic carbocycles. The Labute approximate surface area is 174 Å². The normalized spacial score (nSPS) is 35.9. The third kappa shape index (κ3) is 4.09. The van der Waals surface area contributed by atoms with Crippen molar-refractivity contribution >= 4 is 24.2 Å². The van der Waals surface area contributed by atoms with E-state index in [1.54, 1.807) is 26.0 Å². The number of allylic oxidation sites excluding steroid dienone is 2. The number of carbonyl (C=O) groups excluding carboxylic acids is 4. The van der Waals surface area contributed by atoms with Gasteiger partial charge in [0.2, 0.25) is 0 Å². The fourth-order valence-electron chi connectivity index (χ4n) is 3.81. The van der Waals surface area contributed by atoms with Gasteiger partial charge in [-0.15, -0.1) is 0 Å². The lowest BCUT2D eigenvalue weighted by Crippen LogP contribution is -2.47. The zero-order chi connectivity index (χ0) is 22.2. The molecule has 0 unspecified atom stereocenters. The second kappa shape index (κ2) is 8.18. The number of carbonyl (C=O) groups is 4. The van der Waals surface area contributed by atoms with Crippen molar-refractivity contribution < 1.29 is 38.1 Å². The third-order valence-electron chi connectivity index (χ3n) is 5.83. The summed E-state index contributed by atoms with van der Waals surface area (Å²) >= 11 is 0. The molecule has 3 aliphatic rings. The smallest absolute Gasteiger partial charge is 0.341 e. The quantitative estimate of drug-likeness (QED) is 0.170. The van der Waals surface area contributed by atoms with E-state index < -0.39 is 47.7 Å². The van der Waals surface area contributed by atoms with E-state index in [2.05, 4.69) is 6.58 Å². The zero-order valence-corrected chi connectivity index (χ0v) is 17.5. The van der Waals surface area contributed by atoms with E-state index >= 15 is 0 Å². The van der Waals surface area contributed by atoms with E-state index in [1.165, 1.54) is 6.92 Å². The van der Waals surface area contributed by atoms with Crippen molar-refractivity contribution in [3.8, 4) is 0 Å². The highest BCUT2D eigenvalue weighted by Gasteiger charge is 2.59. The van der Waals surface area contributed by atoms with Crippen molar-refractivity contribution in [2.24, 2.45) is 5.92 Å². The van der Waals surface area contributed by atoms with Crippen molar-refractivity contribution in [3.63, 3.8) is 0 Å². The van der Waals surface area contributed by atoms with Gasteiger partial charge in [0.25, 0.3) is 0 Å². The number of ether oxygens (including phenoxy) is 4. The summed E-state index contributed by atoms with van der Waals surface area (Å²) < 4.78 is 22.0. The molecule has 0 aromatic rings. The predicted molar refractivity (Wildman–Crippen MR) is 104 cm³/mol. The van der Waals surface area contributed by atoms with E-state index in [0.29, 0.717) is 19.1 Å². The van der Waals surface area contributed by atoms with Crippen LogP contribution >= 0.6 is 0 Å². The maximum absolute atomic E-state index is 12.9. The SMILES string of the molecule is C=C1C(=O)O[C@@H]2C=C(C)CCC=C(C=O)[C@@H](OC(C)=O)[C@H](OC(=O)[C@@]3(C)O[C@H]3C)[C@H]12. The van der Waals surface area contributed by atoms with Crippen molar-refractivity contribution in [2.75, 3.05) is 0 Å². The third-order valence-corrected chi connectivity index (χ3v) is 5.83.